The molecule has 1 aliphatic heterocycles. The van der Waals surface area contributed by atoms with Gasteiger partial charge in [0.05, 0.1) is 6.10 Å². The predicted octanol–water partition coefficient (Wildman–Crippen LogP) is 3.09. The zero-order chi connectivity index (χ0) is 12.6. The highest BCUT2D eigenvalue weighted by Crippen LogP contribution is 2.16. The first-order valence-corrected chi connectivity index (χ1v) is 7.23. The molecule has 0 bridgehead atoms. The third kappa shape index (κ3) is 4.43. The lowest BCUT2D eigenvalue weighted by Gasteiger charge is -2.10. The summed E-state index contributed by atoms with van der Waals surface area (Å²) in [7, 11) is 0. The monoisotopic (exact) mass is 247 g/mol. The van der Waals surface area contributed by atoms with Crippen LogP contribution in [0.3, 0.4) is 0 Å². The molecule has 2 rings (SSSR count). The lowest BCUT2D eigenvalue weighted by molar-refractivity contribution is 0.102. The fourth-order valence-corrected chi connectivity index (χ4v) is 2.57. The zero-order valence-electron chi connectivity index (χ0n) is 11.5. The highest BCUT2D eigenvalue weighted by atomic mass is 16.5. The number of benzene rings is 1. The Labute approximate surface area is 111 Å². The average molecular weight is 247 g/mol. The van der Waals surface area contributed by atoms with Crippen molar-refractivity contribution in [2.24, 2.45) is 0 Å². The standard InChI is InChI=1S/C16H25NO/c1-14-6-2-3-7-15(14)10-12-17-11-4-8-16-9-5-13-18-16/h2-3,6-7,16-17H,4-5,8-13H2,1H3. The Balaban J connectivity index is 1.52. The lowest BCUT2D eigenvalue weighted by atomic mass is 10.1. The molecule has 0 amide bonds. The van der Waals surface area contributed by atoms with Gasteiger partial charge in [0.15, 0.2) is 0 Å². The molecule has 18 heavy (non-hydrogen) atoms. The van der Waals surface area contributed by atoms with Crippen LogP contribution >= 0.6 is 0 Å². The van der Waals surface area contributed by atoms with E-state index >= 15 is 0 Å². The van der Waals surface area contributed by atoms with E-state index in [2.05, 4.69) is 36.5 Å². The van der Waals surface area contributed by atoms with Gasteiger partial charge in [-0.1, -0.05) is 24.3 Å². The van der Waals surface area contributed by atoms with Crippen molar-refractivity contribution in [2.75, 3.05) is 19.7 Å². The molecule has 0 aromatic heterocycles. The fraction of sp³-hybridized carbons (Fsp3) is 0.625. The summed E-state index contributed by atoms with van der Waals surface area (Å²) < 4.78 is 5.62. The van der Waals surface area contributed by atoms with Gasteiger partial charge in [0.25, 0.3) is 0 Å². The molecular formula is C16H25NO. The molecule has 1 unspecified atom stereocenters. The Bertz CT molecular complexity index is 345. The summed E-state index contributed by atoms with van der Waals surface area (Å²) in [5, 5.41) is 3.53. The normalized spacial score (nSPS) is 19.3. The van der Waals surface area contributed by atoms with E-state index in [0.717, 1.165) is 26.1 Å². The molecule has 0 saturated carbocycles. The summed E-state index contributed by atoms with van der Waals surface area (Å²) in [4.78, 5) is 0. The zero-order valence-corrected chi connectivity index (χ0v) is 11.5. The van der Waals surface area contributed by atoms with Crippen molar-refractivity contribution in [3.63, 3.8) is 0 Å². The Morgan fingerprint density at radius 3 is 2.94 bits per heavy atom. The second-order valence-corrected chi connectivity index (χ2v) is 5.20. The number of hydrogen-bond acceptors (Lipinski definition) is 2. The number of rotatable bonds is 7. The first kappa shape index (κ1) is 13.6. The quantitative estimate of drug-likeness (QED) is 0.748. The van der Waals surface area contributed by atoms with E-state index in [1.54, 1.807) is 0 Å². The van der Waals surface area contributed by atoms with Crippen LogP contribution in [-0.2, 0) is 11.2 Å². The number of hydrogen-bond donors (Lipinski definition) is 1. The molecule has 0 spiro atoms. The largest absolute Gasteiger partial charge is 0.378 e. The van der Waals surface area contributed by atoms with Crippen LogP contribution in [-0.4, -0.2) is 25.8 Å². The molecule has 0 radical (unpaired) electrons. The van der Waals surface area contributed by atoms with E-state index in [-0.39, 0.29) is 0 Å². The van der Waals surface area contributed by atoms with Crippen molar-refractivity contribution >= 4 is 0 Å². The SMILES string of the molecule is Cc1ccccc1CCNCCCC1CCCO1. The van der Waals surface area contributed by atoms with Crippen LogP contribution in [0.2, 0.25) is 0 Å². The summed E-state index contributed by atoms with van der Waals surface area (Å²) in [5.41, 5.74) is 2.86. The molecule has 1 aromatic rings. The molecule has 1 aromatic carbocycles. The van der Waals surface area contributed by atoms with Crippen LogP contribution in [0, 0.1) is 6.92 Å². The summed E-state index contributed by atoms with van der Waals surface area (Å²) in [6.45, 7) is 5.36. The van der Waals surface area contributed by atoms with Crippen LogP contribution in [0.1, 0.15) is 36.8 Å². The van der Waals surface area contributed by atoms with Gasteiger partial charge in [-0.3, -0.25) is 0 Å². The van der Waals surface area contributed by atoms with Crippen LogP contribution < -0.4 is 5.32 Å². The Hall–Kier alpha value is -0.860. The van der Waals surface area contributed by atoms with Crippen molar-refractivity contribution in [3.8, 4) is 0 Å². The topological polar surface area (TPSA) is 21.3 Å². The molecule has 1 atom stereocenters. The summed E-state index contributed by atoms with van der Waals surface area (Å²) in [6.07, 6.45) is 6.65. The minimum Gasteiger partial charge on any atom is -0.378 e. The Morgan fingerprint density at radius 1 is 1.28 bits per heavy atom. The number of aryl methyl sites for hydroxylation is 1. The summed E-state index contributed by atoms with van der Waals surface area (Å²) in [6, 6.07) is 8.64. The van der Waals surface area contributed by atoms with Gasteiger partial charge in [-0.15, -0.1) is 0 Å². The van der Waals surface area contributed by atoms with Gasteiger partial charge < -0.3 is 10.1 Å². The molecule has 2 heteroatoms. The van der Waals surface area contributed by atoms with Gasteiger partial charge in [0.1, 0.15) is 0 Å². The second kappa shape index (κ2) is 7.55. The molecule has 2 nitrogen and oxygen atoms in total. The van der Waals surface area contributed by atoms with E-state index in [0.29, 0.717) is 6.10 Å². The van der Waals surface area contributed by atoms with E-state index in [1.165, 1.54) is 36.8 Å². The first-order valence-electron chi connectivity index (χ1n) is 7.23. The van der Waals surface area contributed by atoms with Crippen LogP contribution in [0.25, 0.3) is 0 Å². The van der Waals surface area contributed by atoms with E-state index in [4.69, 9.17) is 4.74 Å². The third-order valence-electron chi connectivity index (χ3n) is 3.74. The van der Waals surface area contributed by atoms with Crippen LogP contribution in [0.15, 0.2) is 24.3 Å². The van der Waals surface area contributed by atoms with Crippen molar-refractivity contribution in [1.29, 1.82) is 0 Å². The lowest BCUT2D eigenvalue weighted by Crippen LogP contribution is -2.20. The maximum absolute atomic E-state index is 5.62. The van der Waals surface area contributed by atoms with Gasteiger partial charge in [-0.25, -0.2) is 0 Å². The summed E-state index contributed by atoms with van der Waals surface area (Å²) in [5.74, 6) is 0. The van der Waals surface area contributed by atoms with E-state index in [1.807, 2.05) is 0 Å². The molecule has 1 fully saturated rings. The minimum atomic E-state index is 0.545. The van der Waals surface area contributed by atoms with Crippen molar-refractivity contribution in [3.05, 3.63) is 35.4 Å². The van der Waals surface area contributed by atoms with Gasteiger partial charge in [0.2, 0.25) is 0 Å². The average Bonchev–Trinajstić information content (AvgIpc) is 2.89. The smallest absolute Gasteiger partial charge is 0.0576 e. The van der Waals surface area contributed by atoms with Crippen molar-refractivity contribution < 1.29 is 4.74 Å². The predicted molar refractivity (Wildman–Crippen MR) is 76.0 cm³/mol. The highest BCUT2D eigenvalue weighted by Gasteiger charge is 2.14. The second-order valence-electron chi connectivity index (χ2n) is 5.20. The maximum atomic E-state index is 5.62. The molecule has 0 aliphatic carbocycles. The molecule has 1 N–H and O–H groups in total. The number of ether oxygens (including phenoxy) is 1. The molecular weight excluding hydrogens is 222 g/mol. The molecule has 1 saturated heterocycles. The minimum absolute atomic E-state index is 0.545. The van der Waals surface area contributed by atoms with Crippen molar-refractivity contribution in [1.82, 2.24) is 5.32 Å². The van der Waals surface area contributed by atoms with Gasteiger partial charge >= 0.3 is 0 Å². The van der Waals surface area contributed by atoms with Crippen LogP contribution in [0.5, 0.6) is 0 Å². The van der Waals surface area contributed by atoms with Gasteiger partial charge in [-0.05, 0) is 63.2 Å². The van der Waals surface area contributed by atoms with E-state index < -0.39 is 0 Å². The summed E-state index contributed by atoms with van der Waals surface area (Å²) >= 11 is 0. The molecule has 100 valence electrons. The Kier molecular flexibility index (Phi) is 5.69. The fourth-order valence-electron chi connectivity index (χ4n) is 2.57. The van der Waals surface area contributed by atoms with Crippen molar-refractivity contribution in [2.45, 2.75) is 45.1 Å². The highest BCUT2D eigenvalue weighted by molar-refractivity contribution is 5.25. The van der Waals surface area contributed by atoms with Crippen LogP contribution in [0.4, 0.5) is 0 Å². The maximum Gasteiger partial charge on any atom is 0.0576 e. The Morgan fingerprint density at radius 2 is 2.17 bits per heavy atom. The van der Waals surface area contributed by atoms with Gasteiger partial charge in [0, 0.05) is 6.61 Å². The third-order valence-corrected chi connectivity index (χ3v) is 3.74. The first-order chi connectivity index (χ1) is 8.86. The number of nitrogens with one attached hydrogen (secondary N) is 1. The van der Waals surface area contributed by atoms with E-state index in [9.17, 15) is 0 Å². The van der Waals surface area contributed by atoms with Gasteiger partial charge in [-0.2, -0.15) is 0 Å². The molecule has 1 aliphatic rings. The molecule has 1 heterocycles.